The Labute approximate surface area is 79.4 Å². The standard InChI is InChI=1S/C9H8N2O3/c1-5-8(14-4-10-5)6-2-3-7(11-6)9(12)13/h2-4,11H,1H3,(H,12,13). The highest BCUT2D eigenvalue weighted by atomic mass is 16.4. The number of H-pyrrole nitrogens is 1. The predicted octanol–water partition coefficient (Wildman–Crippen LogP) is 1.68. The minimum Gasteiger partial charge on any atom is -0.477 e. The van der Waals surface area contributed by atoms with Crippen molar-refractivity contribution >= 4 is 5.97 Å². The van der Waals surface area contributed by atoms with Crippen LogP contribution in [0, 0.1) is 6.92 Å². The Balaban J connectivity index is 2.43. The van der Waals surface area contributed by atoms with Gasteiger partial charge in [0.2, 0.25) is 0 Å². The quantitative estimate of drug-likeness (QED) is 0.758. The number of carboxylic acids is 1. The molecule has 2 N–H and O–H groups in total. The van der Waals surface area contributed by atoms with Gasteiger partial charge in [0.15, 0.2) is 12.2 Å². The number of hydrogen-bond acceptors (Lipinski definition) is 3. The van der Waals surface area contributed by atoms with E-state index in [2.05, 4.69) is 9.97 Å². The molecule has 0 spiro atoms. The molecule has 72 valence electrons. The maximum Gasteiger partial charge on any atom is 0.352 e. The Bertz CT molecular complexity index is 470. The topological polar surface area (TPSA) is 79.1 Å². The van der Waals surface area contributed by atoms with Crippen LogP contribution in [0.15, 0.2) is 22.9 Å². The lowest BCUT2D eigenvalue weighted by atomic mass is 10.3. The van der Waals surface area contributed by atoms with Crippen molar-refractivity contribution in [3.8, 4) is 11.5 Å². The summed E-state index contributed by atoms with van der Waals surface area (Å²) in [5.74, 6) is -0.425. The highest BCUT2D eigenvalue weighted by Crippen LogP contribution is 2.21. The molecular weight excluding hydrogens is 184 g/mol. The van der Waals surface area contributed by atoms with Gasteiger partial charge in [-0.05, 0) is 19.1 Å². The summed E-state index contributed by atoms with van der Waals surface area (Å²) in [6.45, 7) is 1.79. The zero-order valence-corrected chi connectivity index (χ0v) is 7.44. The number of aromatic nitrogens is 2. The highest BCUT2D eigenvalue weighted by Gasteiger charge is 2.11. The van der Waals surface area contributed by atoms with Gasteiger partial charge in [0, 0.05) is 0 Å². The van der Waals surface area contributed by atoms with E-state index >= 15 is 0 Å². The van der Waals surface area contributed by atoms with Crippen molar-refractivity contribution in [1.82, 2.24) is 9.97 Å². The molecule has 0 atom stereocenters. The van der Waals surface area contributed by atoms with Gasteiger partial charge in [-0.15, -0.1) is 0 Å². The van der Waals surface area contributed by atoms with Gasteiger partial charge >= 0.3 is 5.97 Å². The summed E-state index contributed by atoms with van der Waals surface area (Å²) < 4.78 is 5.11. The van der Waals surface area contributed by atoms with Crippen LogP contribution in [-0.4, -0.2) is 21.0 Å². The maximum atomic E-state index is 10.6. The molecule has 0 saturated carbocycles. The van der Waals surface area contributed by atoms with Gasteiger partial charge in [-0.1, -0.05) is 0 Å². The number of aryl methyl sites for hydroxylation is 1. The molecule has 2 heterocycles. The Morgan fingerprint density at radius 2 is 2.36 bits per heavy atom. The molecule has 0 aromatic carbocycles. The Morgan fingerprint density at radius 3 is 2.86 bits per heavy atom. The minimum absolute atomic E-state index is 0.135. The molecule has 14 heavy (non-hydrogen) atoms. The van der Waals surface area contributed by atoms with E-state index in [4.69, 9.17) is 9.52 Å². The molecule has 2 rings (SSSR count). The number of oxazole rings is 1. The van der Waals surface area contributed by atoms with Crippen molar-refractivity contribution in [2.75, 3.05) is 0 Å². The second kappa shape index (κ2) is 3.02. The summed E-state index contributed by atoms with van der Waals surface area (Å²) in [4.78, 5) is 17.2. The lowest BCUT2D eigenvalue weighted by molar-refractivity contribution is 0.0691. The largest absolute Gasteiger partial charge is 0.477 e. The Kier molecular flexibility index (Phi) is 1.85. The first-order chi connectivity index (χ1) is 6.68. The molecule has 0 aliphatic heterocycles. The fourth-order valence-electron chi connectivity index (χ4n) is 1.21. The van der Waals surface area contributed by atoms with E-state index < -0.39 is 5.97 Å². The van der Waals surface area contributed by atoms with Gasteiger partial charge in [0.1, 0.15) is 5.69 Å². The third-order valence-electron chi connectivity index (χ3n) is 1.91. The number of aromatic amines is 1. The van der Waals surface area contributed by atoms with Crippen molar-refractivity contribution in [2.24, 2.45) is 0 Å². The van der Waals surface area contributed by atoms with Gasteiger partial charge in [-0.3, -0.25) is 0 Å². The first-order valence-corrected chi connectivity index (χ1v) is 4.01. The molecule has 0 saturated heterocycles. The molecule has 0 unspecified atom stereocenters. The van der Waals surface area contributed by atoms with Crippen LogP contribution in [0.3, 0.4) is 0 Å². The maximum absolute atomic E-state index is 10.6. The summed E-state index contributed by atoms with van der Waals surface area (Å²) in [6.07, 6.45) is 1.33. The molecule has 0 radical (unpaired) electrons. The van der Waals surface area contributed by atoms with Gasteiger partial charge in [-0.2, -0.15) is 0 Å². The van der Waals surface area contributed by atoms with E-state index in [1.807, 2.05) is 0 Å². The van der Waals surface area contributed by atoms with E-state index in [-0.39, 0.29) is 5.69 Å². The van der Waals surface area contributed by atoms with E-state index in [1.165, 1.54) is 12.5 Å². The fourth-order valence-corrected chi connectivity index (χ4v) is 1.21. The van der Waals surface area contributed by atoms with Crippen LogP contribution >= 0.6 is 0 Å². The van der Waals surface area contributed by atoms with Crippen molar-refractivity contribution in [2.45, 2.75) is 6.92 Å². The van der Waals surface area contributed by atoms with E-state index in [9.17, 15) is 4.79 Å². The third-order valence-corrected chi connectivity index (χ3v) is 1.91. The number of hydrogen-bond donors (Lipinski definition) is 2. The van der Waals surface area contributed by atoms with Crippen LogP contribution in [-0.2, 0) is 0 Å². The average Bonchev–Trinajstić information content (AvgIpc) is 2.71. The van der Waals surface area contributed by atoms with Crippen molar-refractivity contribution < 1.29 is 14.3 Å². The average molecular weight is 192 g/mol. The van der Waals surface area contributed by atoms with Crippen molar-refractivity contribution in [3.63, 3.8) is 0 Å². The normalized spacial score (nSPS) is 10.4. The molecule has 2 aromatic heterocycles. The van der Waals surface area contributed by atoms with Crippen LogP contribution in [0.4, 0.5) is 0 Å². The molecule has 0 bridgehead atoms. The van der Waals surface area contributed by atoms with Crippen molar-refractivity contribution in [3.05, 3.63) is 29.9 Å². The van der Waals surface area contributed by atoms with Crippen molar-refractivity contribution in [1.29, 1.82) is 0 Å². The molecular formula is C9H8N2O3. The monoisotopic (exact) mass is 192 g/mol. The lowest BCUT2D eigenvalue weighted by Gasteiger charge is -1.92. The molecule has 2 aromatic rings. The first kappa shape index (κ1) is 8.55. The number of nitrogens with zero attached hydrogens (tertiary/aromatic N) is 1. The van der Waals surface area contributed by atoms with Crippen LogP contribution in [0.5, 0.6) is 0 Å². The van der Waals surface area contributed by atoms with Gasteiger partial charge < -0.3 is 14.5 Å². The molecule has 0 aliphatic carbocycles. The second-order valence-electron chi connectivity index (χ2n) is 2.86. The smallest absolute Gasteiger partial charge is 0.352 e. The molecule has 0 aliphatic rings. The van der Waals surface area contributed by atoms with Gasteiger partial charge in [0.25, 0.3) is 0 Å². The first-order valence-electron chi connectivity index (χ1n) is 4.01. The lowest BCUT2D eigenvalue weighted by Crippen LogP contribution is -1.95. The zero-order valence-electron chi connectivity index (χ0n) is 7.44. The zero-order chi connectivity index (χ0) is 10.1. The summed E-state index contributed by atoms with van der Waals surface area (Å²) in [5.41, 5.74) is 1.48. The van der Waals surface area contributed by atoms with Crippen LogP contribution in [0.1, 0.15) is 16.2 Å². The molecule has 5 nitrogen and oxygen atoms in total. The minimum atomic E-state index is -0.992. The van der Waals surface area contributed by atoms with E-state index in [1.54, 1.807) is 13.0 Å². The molecule has 0 amide bonds. The van der Waals surface area contributed by atoms with Crippen LogP contribution < -0.4 is 0 Å². The molecule has 0 fully saturated rings. The van der Waals surface area contributed by atoms with Gasteiger partial charge in [-0.25, -0.2) is 9.78 Å². The van der Waals surface area contributed by atoms with Crippen LogP contribution in [0.25, 0.3) is 11.5 Å². The SMILES string of the molecule is Cc1ncoc1-c1ccc(C(=O)O)[nH]1. The highest BCUT2D eigenvalue weighted by molar-refractivity contribution is 5.86. The van der Waals surface area contributed by atoms with Gasteiger partial charge in [0.05, 0.1) is 11.4 Å². The predicted molar refractivity (Wildman–Crippen MR) is 48.0 cm³/mol. The summed E-state index contributed by atoms with van der Waals surface area (Å²) in [6, 6.07) is 3.14. The number of carbonyl (C=O) groups is 1. The second-order valence-corrected chi connectivity index (χ2v) is 2.86. The summed E-state index contributed by atoms with van der Waals surface area (Å²) >= 11 is 0. The number of aromatic carboxylic acids is 1. The third kappa shape index (κ3) is 1.28. The fraction of sp³-hybridized carbons (Fsp3) is 0.111. The number of rotatable bonds is 2. The number of nitrogens with one attached hydrogen (secondary N) is 1. The Morgan fingerprint density at radius 1 is 1.57 bits per heavy atom. The summed E-state index contributed by atoms with van der Waals surface area (Å²) in [5, 5.41) is 8.69. The van der Waals surface area contributed by atoms with E-state index in [0.29, 0.717) is 11.5 Å². The Hall–Kier alpha value is -2.04. The van der Waals surface area contributed by atoms with Crippen LogP contribution in [0.2, 0.25) is 0 Å². The number of carboxylic acid groups (broad SMARTS) is 1. The summed E-state index contributed by atoms with van der Waals surface area (Å²) in [7, 11) is 0. The van der Waals surface area contributed by atoms with E-state index in [0.717, 1.165) is 5.69 Å². The molecule has 5 heteroatoms.